The molecular weight excluding hydrogens is 244 g/mol. The Morgan fingerprint density at radius 1 is 1.50 bits per heavy atom. The number of hydrogen-bond acceptors (Lipinski definition) is 2. The molecule has 0 aliphatic carbocycles. The van der Waals surface area contributed by atoms with Gasteiger partial charge in [-0.3, -0.25) is 4.79 Å². The Kier molecular flexibility index (Phi) is 7.19. The summed E-state index contributed by atoms with van der Waals surface area (Å²) in [5.41, 5.74) is 0. The van der Waals surface area contributed by atoms with E-state index in [-0.39, 0.29) is 10.7 Å². The maximum Gasteiger partial charge on any atom is 0.233 e. The molecule has 1 amide bonds. The van der Waals surface area contributed by atoms with Crippen molar-refractivity contribution in [1.82, 2.24) is 10.2 Å². The molecule has 0 saturated carbocycles. The molecule has 2 atom stereocenters. The van der Waals surface area contributed by atoms with Crippen LogP contribution in [0, 0.1) is 0 Å². The number of nitrogens with one attached hydrogen (secondary N) is 1. The van der Waals surface area contributed by atoms with E-state index in [1.807, 2.05) is 6.92 Å². The van der Waals surface area contributed by atoms with Gasteiger partial charge in [-0.1, -0.05) is 22.9 Å². The average molecular weight is 265 g/mol. The third kappa shape index (κ3) is 5.60. The zero-order valence-electron chi connectivity index (χ0n) is 9.51. The lowest BCUT2D eigenvalue weighted by molar-refractivity contribution is -0.120. The number of nitrogens with zero attached hydrogens (tertiary/aromatic N) is 1. The van der Waals surface area contributed by atoms with Crippen molar-refractivity contribution in [3.05, 3.63) is 0 Å². The van der Waals surface area contributed by atoms with Crippen molar-refractivity contribution < 1.29 is 4.79 Å². The fourth-order valence-corrected chi connectivity index (χ4v) is 1.19. The van der Waals surface area contributed by atoms with Crippen LogP contribution in [0.25, 0.3) is 0 Å². The van der Waals surface area contributed by atoms with Crippen LogP contribution >= 0.6 is 15.9 Å². The van der Waals surface area contributed by atoms with E-state index in [1.54, 1.807) is 0 Å². The Labute approximate surface area is 95.4 Å². The molecule has 0 aromatic heterocycles. The Morgan fingerprint density at radius 3 is 2.50 bits per heavy atom. The summed E-state index contributed by atoms with van der Waals surface area (Å²) in [4.78, 5) is 13.3. The first-order chi connectivity index (χ1) is 6.49. The molecule has 0 aliphatic heterocycles. The average Bonchev–Trinajstić information content (AvgIpc) is 2.15. The second kappa shape index (κ2) is 7.23. The van der Waals surface area contributed by atoms with Crippen LogP contribution in [-0.2, 0) is 4.79 Å². The predicted molar refractivity (Wildman–Crippen MR) is 63.8 cm³/mol. The van der Waals surface area contributed by atoms with Gasteiger partial charge >= 0.3 is 0 Å². The van der Waals surface area contributed by atoms with E-state index < -0.39 is 0 Å². The van der Waals surface area contributed by atoms with Crippen LogP contribution in [0.15, 0.2) is 0 Å². The summed E-state index contributed by atoms with van der Waals surface area (Å²) in [6.45, 7) is 7.80. The van der Waals surface area contributed by atoms with Crippen LogP contribution in [0.3, 0.4) is 0 Å². The molecule has 0 radical (unpaired) electrons. The van der Waals surface area contributed by atoms with Crippen LogP contribution in [0.4, 0.5) is 0 Å². The summed E-state index contributed by atoms with van der Waals surface area (Å²) in [5, 5.41) is 2.86. The molecule has 0 aliphatic rings. The number of halogens is 1. The van der Waals surface area contributed by atoms with Gasteiger partial charge in [0.15, 0.2) is 0 Å². The molecule has 0 aromatic carbocycles. The number of amides is 1. The van der Waals surface area contributed by atoms with E-state index in [0.717, 1.165) is 19.5 Å². The molecule has 0 bridgehead atoms. The summed E-state index contributed by atoms with van der Waals surface area (Å²) in [7, 11) is 2.08. The zero-order valence-corrected chi connectivity index (χ0v) is 11.1. The lowest BCUT2D eigenvalue weighted by Crippen LogP contribution is -2.38. The summed E-state index contributed by atoms with van der Waals surface area (Å²) < 4.78 is 0. The topological polar surface area (TPSA) is 32.3 Å². The van der Waals surface area contributed by atoms with Gasteiger partial charge in [0.05, 0.1) is 4.83 Å². The molecule has 0 spiro atoms. The first kappa shape index (κ1) is 13.9. The van der Waals surface area contributed by atoms with Gasteiger partial charge in [-0.05, 0) is 27.3 Å². The van der Waals surface area contributed by atoms with Crippen molar-refractivity contribution in [1.29, 1.82) is 0 Å². The third-order valence-corrected chi connectivity index (χ3v) is 2.88. The van der Waals surface area contributed by atoms with Crippen molar-refractivity contribution in [2.45, 2.75) is 38.1 Å². The molecule has 0 rings (SSSR count). The molecule has 0 aromatic rings. The SMILES string of the molecule is CCC(C)N(C)CCNC(=O)C(C)Br. The van der Waals surface area contributed by atoms with Crippen LogP contribution in [0.2, 0.25) is 0 Å². The number of likely N-dealkylation sites (N-methyl/N-ethyl adjacent to an activating group) is 1. The molecule has 84 valence electrons. The largest absolute Gasteiger partial charge is 0.354 e. The molecule has 0 heterocycles. The van der Waals surface area contributed by atoms with Crippen LogP contribution < -0.4 is 5.32 Å². The first-order valence-corrected chi connectivity index (χ1v) is 6.02. The summed E-state index contributed by atoms with van der Waals surface area (Å²) in [5.74, 6) is 0.0579. The minimum absolute atomic E-state index is 0.0579. The first-order valence-electron chi connectivity index (χ1n) is 5.11. The van der Waals surface area contributed by atoms with E-state index in [0.29, 0.717) is 6.04 Å². The van der Waals surface area contributed by atoms with Crippen molar-refractivity contribution >= 4 is 21.8 Å². The van der Waals surface area contributed by atoms with Gasteiger partial charge in [-0.15, -0.1) is 0 Å². The zero-order chi connectivity index (χ0) is 11.1. The lowest BCUT2D eigenvalue weighted by Gasteiger charge is -2.23. The monoisotopic (exact) mass is 264 g/mol. The highest BCUT2D eigenvalue weighted by Gasteiger charge is 2.09. The molecule has 2 unspecified atom stereocenters. The highest BCUT2D eigenvalue weighted by atomic mass is 79.9. The number of alkyl halides is 1. The number of hydrogen-bond donors (Lipinski definition) is 1. The fraction of sp³-hybridized carbons (Fsp3) is 0.900. The quantitative estimate of drug-likeness (QED) is 0.740. The molecule has 0 fully saturated rings. The van der Waals surface area contributed by atoms with E-state index >= 15 is 0 Å². The highest BCUT2D eigenvalue weighted by molar-refractivity contribution is 9.10. The number of carbonyl (C=O) groups is 1. The van der Waals surface area contributed by atoms with Crippen molar-refractivity contribution in [3.63, 3.8) is 0 Å². The van der Waals surface area contributed by atoms with E-state index in [2.05, 4.69) is 47.0 Å². The second-order valence-corrected chi connectivity index (χ2v) is 5.02. The normalized spacial score (nSPS) is 15.3. The maximum atomic E-state index is 11.2. The Balaban J connectivity index is 3.59. The molecule has 1 N–H and O–H groups in total. The van der Waals surface area contributed by atoms with Gasteiger partial charge in [0.25, 0.3) is 0 Å². The van der Waals surface area contributed by atoms with Gasteiger partial charge in [0.1, 0.15) is 0 Å². The summed E-state index contributed by atoms with van der Waals surface area (Å²) in [6.07, 6.45) is 1.14. The Bertz CT molecular complexity index is 174. The summed E-state index contributed by atoms with van der Waals surface area (Å²) >= 11 is 3.22. The van der Waals surface area contributed by atoms with Crippen molar-refractivity contribution in [2.24, 2.45) is 0 Å². The standard InChI is InChI=1S/C10H21BrN2O/c1-5-8(2)13(4)7-6-12-10(14)9(3)11/h8-9H,5-7H2,1-4H3,(H,12,14). The van der Waals surface area contributed by atoms with Gasteiger partial charge in [0, 0.05) is 19.1 Å². The molecule has 0 saturated heterocycles. The number of rotatable bonds is 6. The minimum atomic E-state index is -0.101. The Morgan fingerprint density at radius 2 is 2.07 bits per heavy atom. The van der Waals surface area contributed by atoms with Gasteiger partial charge in [0.2, 0.25) is 5.91 Å². The van der Waals surface area contributed by atoms with E-state index in [9.17, 15) is 4.79 Å². The molecule has 14 heavy (non-hydrogen) atoms. The molecule has 3 nitrogen and oxygen atoms in total. The highest BCUT2D eigenvalue weighted by Crippen LogP contribution is 1.99. The number of carbonyl (C=O) groups excluding carboxylic acids is 1. The van der Waals surface area contributed by atoms with Crippen molar-refractivity contribution in [2.75, 3.05) is 20.1 Å². The van der Waals surface area contributed by atoms with E-state index in [1.165, 1.54) is 0 Å². The minimum Gasteiger partial charge on any atom is -0.354 e. The van der Waals surface area contributed by atoms with Crippen LogP contribution in [0.5, 0.6) is 0 Å². The lowest BCUT2D eigenvalue weighted by atomic mass is 10.2. The molecule has 4 heteroatoms. The Hall–Kier alpha value is -0.0900. The van der Waals surface area contributed by atoms with Crippen LogP contribution in [-0.4, -0.2) is 41.8 Å². The van der Waals surface area contributed by atoms with Gasteiger partial charge in [-0.25, -0.2) is 0 Å². The third-order valence-electron chi connectivity index (χ3n) is 2.47. The van der Waals surface area contributed by atoms with Crippen molar-refractivity contribution in [3.8, 4) is 0 Å². The smallest absolute Gasteiger partial charge is 0.233 e. The van der Waals surface area contributed by atoms with Gasteiger partial charge < -0.3 is 10.2 Å². The molecular formula is C10H21BrN2O. The van der Waals surface area contributed by atoms with Gasteiger partial charge in [-0.2, -0.15) is 0 Å². The fourth-order valence-electron chi connectivity index (χ4n) is 1.03. The maximum absolute atomic E-state index is 11.2. The summed E-state index contributed by atoms with van der Waals surface area (Å²) in [6, 6.07) is 0.577. The van der Waals surface area contributed by atoms with E-state index in [4.69, 9.17) is 0 Å². The predicted octanol–water partition coefficient (Wildman–Crippen LogP) is 1.62. The second-order valence-electron chi connectivity index (χ2n) is 3.64. The van der Waals surface area contributed by atoms with Crippen LogP contribution in [0.1, 0.15) is 27.2 Å².